The first-order valence-corrected chi connectivity index (χ1v) is 6.37. The Labute approximate surface area is 99.4 Å². The predicted octanol–water partition coefficient (Wildman–Crippen LogP) is 2.32. The molecule has 0 radical (unpaired) electrons. The average molecular weight is 236 g/mol. The van der Waals surface area contributed by atoms with Crippen LogP contribution in [0.3, 0.4) is 0 Å². The van der Waals surface area contributed by atoms with E-state index in [1.54, 1.807) is 11.3 Å². The van der Waals surface area contributed by atoms with Crippen molar-refractivity contribution in [2.24, 2.45) is 7.05 Å². The molecule has 16 heavy (non-hydrogen) atoms. The molecule has 0 spiro atoms. The Morgan fingerprint density at radius 3 is 2.94 bits per heavy atom. The second-order valence-corrected chi connectivity index (χ2v) is 4.66. The van der Waals surface area contributed by atoms with E-state index in [9.17, 15) is 5.11 Å². The molecule has 0 amide bonds. The average Bonchev–Trinajstić information content (AvgIpc) is 2.88. The lowest BCUT2D eigenvalue weighted by atomic mass is 10.1. The van der Waals surface area contributed by atoms with Crippen molar-refractivity contribution in [2.75, 3.05) is 0 Å². The van der Waals surface area contributed by atoms with Gasteiger partial charge in [-0.25, -0.2) is 0 Å². The van der Waals surface area contributed by atoms with Crippen molar-refractivity contribution in [3.8, 4) is 0 Å². The van der Waals surface area contributed by atoms with E-state index >= 15 is 0 Å². The number of aromatic nitrogens is 2. The standard InChI is InChI=1S/C12H16N2OS/c1-3-10-6-11(14(2)13-10)7-12(15)9-4-5-16-8-9/h4-6,8,12,15H,3,7H2,1-2H3. The summed E-state index contributed by atoms with van der Waals surface area (Å²) in [6.07, 6.45) is 1.13. The largest absolute Gasteiger partial charge is 0.388 e. The second kappa shape index (κ2) is 4.80. The minimum absolute atomic E-state index is 0.425. The van der Waals surface area contributed by atoms with E-state index in [0.29, 0.717) is 6.42 Å². The van der Waals surface area contributed by atoms with Crippen LogP contribution in [-0.2, 0) is 19.9 Å². The Balaban J connectivity index is 2.11. The summed E-state index contributed by atoms with van der Waals surface area (Å²) >= 11 is 1.61. The zero-order valence-corrected chi connectivity index (χ0v) is 10.4. The van der Waals surface area contributed by atoms with Crippen molar-refractivity contribution >= 4 is 11.3 Å². The van der Waals surface area contributed by atoms with E-state index < -0.39 is 6.10 Å². The molecule has 2 aromatic heterocycles. The van der Waals surface area contributed by atoms with Crippen molar-refractivity contribution in [3.05, 3.63) is 39.8 Å². The van der Waals surface area contributed by atoms with E-state index in [1.165, 1.54) is 0 Å². The number of aliphatic hydroxyl groups is 1. The van der Waals surface area contributed by atoms with E-state index in [0.717, 1.165) is 23.4 Å². The molecule has 2 aromatic rings. The molecule has 0 aliphatic carbocycles. The highest BCUT2D eigenvalue weighted by Crippen LogP contribution is 2.20. The maximum absolute atomic E-state index is 10.0. The maximum atomic E-state index is 10.0. The van der Waals surface area contributed by atoms with Gasteiger partial charge in [-0.3, -0.25) is 4.68 Å². The molecule has 1 N–H and O–H groups in total. The number of nitrogens with zero attached hydrogens (tertiary/aromatic N) is 2. The zero-order valence-electron chi connectivity index (χ0n) is 9.55. The van der Waals surface area contributed by atoms with Crippen LogP contribution in [0, 0.1) is 0 Å². The van der Waals surface area contributed by atoms with Gasteiger partial charge in [0.15, 0.2) is 0 Å². The molecular formula is C12H16N2OS. The number of hydrogen-bond donors (Lipinski definition) is 1. The molecule has 0 saturated carbocycles. The zero-order chi connectivity index (χ0) is 11.5. The summed E-state index contributed by atoms with van der Waals surface area (Å²) in [6.45, 7) is 2.08. The number of hydrogen-bond acceptors (Lipinski definition) is 3. The summed E-state index contributed by atoms with van der Waals surface area (Å²) in [5.74, 6) is 0. The molecule has 1 atom stereocenters. The van der Waals surface area contributed by atoms with Gasteiger partial charge in [0.05, 0.1) is 11.8 Å². The van der Waals surface area contributed by atoms with E-state index in [4.69, 9.17) is 0 Å². The normalized spacial score (nSPS) is 12.9. The van der Waals surface area contributed by atoms with E-state index in [-0.39, 0.29) is 0 Å². The molecule has 0 fully saturated rings. The second-order valence-electron chi connectivity index (χ2n) is 3.88. The van der Waals surface area contributed by atoms with Gasteiger partial charge in [-0.1, -0.05) is 6.92 Å². The predicted molar refractivity (Wildman–Crippen MR) is 65.6 cm³/mol. The molecule has 86 valence electrons. The highest BCUT2D eigenvalue weighted by molar-refractivity contribution is 7.07. The van der Waals surface area contributed by atoms with Crippen LogP contribution in [0.25, 0.3) is 0 Å². The summed E-state index contributed by atoms with van der Waals surface area (Å²) in [5.41, 5.74) is 3.15. The molecule has 2 heterocycles. The number of aliphatic hydroxyl groups excluding tert-OH is 1. The number of rotatable bonds is 4. The quantitative estimate of drug-likeness (QED) is 0.884. The molecule has 0 aromatic carbocycles. The SMILES string of the molecule is CCc1cc(CC(O)c2ccsc2)n(C)n1. The van der Waals surface area contributed by atoms with Crippen LogP contribution in [-0.4, -0.2) is 14.9 Å². The lowest BCUT2D eigenvalue weighted by Gasteiger charge is -2.08. The highest BCUT2D eigenvalue weighted by Gasteiger charge is 2.12. The molecule has 4 heteroatoms. The summed E-state index contributed by atoms with van der Waals surface area (Å²) in [6, 6.07) is 4.03. The maximum Gasteiger partial charge on any atom is 0.0853 e. The van der Waals surface area contributed by atoms with Crippen LogP contribution in [0.4, 0.5) is 0 Å². The Kier molecular flexibility index (Phi) is 3.41. The Morgan fingerprint density at radius 1 is 1.56 bits per heavy atom. The molecular weight excluding hydrogens is 220 g/mol. The monoisotopic (exact) mass is 236 g/mol. The van der Waals surface area contributed by atoms with Gasteiger partial charge in [0.1, 0.15) is 0 Å². The Morgan fingerprint density at radius 2 is 2.38 bits per heavy atom. The van der Waals surface area contributed by atoms with E-state index in [2.05, 4.69) is 18.1 Å². The summed E-state index contributed by atoms with van der Waals surface area (Å²) in [7, 11) is 1.93. The van der Waals surface area contributed by atoms with Crippen LogP contribution in [0.15, 0.2) is 22.9 Å². The van der Waals surface area contributed by atoms with Crippen molar-refractivity contribution < 1.29 is 5.11 Å². The Bertz CT molecular complexity index is 448. The third-order valence-corrected chi connectivity index (χ3v) is 3.42. The first kappa shape index (κ1) is 11.4. The van der Waals surface area contributed by atoms with Gasteiger partial charge in [0, 0.05) is 19.2 Å². The van der Waals surface area contributed by atoms with Gasteiger partial charge in [-0.05, 0) is 34.9 Å². The number of thiophene rings is 1. The van der Waals surface area contributed by atoms with Crippen LogP contribution < -0.4 is 0 Å². The van der Waals surface area contributed by atoms with Gasteiger partial charge >= 0.3 is 0 Å². The highest BCUT2D eigenvalue weighted by atomic mass is 32.1. The van der Waals surface area contributed by atoms with Crippen LogP contribution in [0.1, 0.15) is 30.0 Å². The summed E-state index contributed by atoms with van der Waals surface area (Å²) < 4.78 is 1.86. The molecule has 0 bridgehead atoms. The minimum Gasteiger partial charge on any atom is -0.388 e. The van der Waals surface area contributed by atoms with Crippen molar-refractivity contribution in [1.82, 2.24) is 9.78 Å². The van der Waals surface area contributed by atoms with E-state index in [1.807, 2.05) is 28.6 Å². The summed E-state index contributed by atoms with van der Waals surface area (Å²) in [4.78, 5) is 0. The molecule has 0 aliphatic rings. The smallest absolute Gasteiger partial charge is 0.0853 e. The molecule has 1 unspecified atom stereocenters. The van der Waals surface area contributed by atoms with Crippen molar-refractivity contribution in [2.45, 2.75) is 25.9 Å². The fraction of sp³-hybridized carbons (Fsp3) is 0.417. The molecule has 2 rings (SSSR count). The third kappa shape index (κ3) is 2.33. The third-order valence-electron chi connectivity index (χ3n) is 2.72. The van der Waals surface area contributed by atoms with Gasteiger partial charge in [-0.15, -0.1) is 0 Å². The minimum atomic E-state index is -0.425. The molecule has 0 saturated heterocycles. The van der Waals surface area contributed by atoms with Gasteiger partial charge in [0.2, 0.25) is 0 Å². The fourth-order valence-corrected chi connectivity index (χ4v) is 2.42. The Hall–Kier alpha value is -1.13. The lowest BCUT2D eigenvalue weighted by Crippen LogP contribution is -2.05. The number of aryl methyl sites for hydroxylation is 2. The summed E-state index contributed by atoms with van der Waals surface area (Å²) in [5, 5.41) is 18.4. The first-order chi connectivity index (χ1) is 7.70. The van der Waals surface area contributed by atoms with Gasteiger partial charge < -0.3 is 5.11 Å². The molecule has 3 nitrogen and oxygen atoms in total. The first-order valence-electron chi connectivity index (χ1n) is 5.42. The van der Waals surface area contributed by atoms with Gasteiger partial charge in [-0.2, -0.15) is 16.4 Å². The van der Waals surface area contributed by atoms with Crippen LogP contribution in [0.2, 0.25) is 0 Å². The molecule has 0 aliphatic heterocycles. The topological polar surface area (TPSA) is 38.0 Å². The van der Waals surface area contributed by atoms with Crippen molar-refractivity contribution in [3.63, 3.8) is 0 Å². The van der Waals surface area contributed by atoms with Gasteiger partial charge in [0.25, 0.3) is 0 Å². The fourth-order valence-electron chi connectivity index (χ4n) is 1.72. The lowest BCUT2D eigenvalue weighted by molar-refractivity contribution is 0.176. The van der Waals surface area contributed by atoms with Crippen molar-refractivity contribution in [1.29, 1.82) is 0 Å². The van der Waals surface area contributed by atoms with Crippen LogP contribution in [0.5, 0.6) is 0 Å². The van der Waals surface area contributed by atoms with Crippen LogP contribution >= 0.6 is 11.3 Å².